The number of cyclic esters (lactones) is 1. The van der Waals surface area contributed by atoms with Gasteiger partial charge in [0.1, 0.15) is 23.6 Å². The predicted molar refractivity (Wildman–Crippen MR) is 185 cm³/mol. The number of ketones is 1. The number of ether oxygens (including phenoxy) is 6. The quantitative estimate of drug-likeness (QED) is 0.284. The Labute approximate surface area is 299 Å². The van der Waals surface area contributed by atoms with Crippen LogP contribution in [0.5, 0.6) is 0 Å². The summed E-state index contributed by atoms with van der Waals surface area (Å²) in [5.74, 6) is -4.71. The first kappa shape index (κ1) is 43.1. The predicted octanol–water partition coefficient (Wildman–Crippen LogP) is 2.81. The van der Waals surface area contributed by atoms with Crippen molar-refractivity contribution in [2.75, 3.05) is 21.2 Å². The molecule has 3 rings (SSSR count). The van der Waals surface area contributed by atoms with Gasteiger partial charge in [-0.25, -0.2) is 0 Å². The molecule has 50 heavy (non-hydrogen) atoms. The van der Waals surface area contributed by atoms with Crippen LogP contribution in [-0.2, 0) is 38.0 Å². The molecule has 2 unspecified atom stereocenters. The third-order valence-corrected chi connectivity index (χ3v) is 11.5. The molecule has 0 aromatic heterocycles. The Bertz CT molecular complexity index is 1130. The van der Waals surface area contributed by atoms with Crippen LogP contribution in [0, 0.1) is 23.7 Å². The van der Waals surface area contributed by atoms with Gasteiger partial charge in [0.15, 0.2) is 12.6 Å². The Morgan fingerprint density at radius 2 is 1.50 bits per heavy atom. The number of methoxy groups -OCH3 is 1. The van der Waals surface area contributed by atoms with Crippen LogP contribution in [0.4, 0.5) is 0 Å². The van der Waals surface area contributed by atoms with E-state index in [1.54, 1.807) is 41.7 Å². The monoisotopic (exact) mass is 717 g/mol. The number of aliphatic hydroxyl groups excluding tert-OH is 2. The van der Waals surface area contributed by atoms with E-state index >= 15 is 0 Å². The standard InChI is InChI=1S/C37H67NO12/c1-14-26-37(10,44)31(41)22(5)28(39)19(2)16-36(9,43)32(50-34-29(40)25(38(11)12)15-20(3)47-34)23(6)30(24(7)33(42)48-26)49-27-18-35(8,45-13)17-21(4)46-27/h19-27,29-32,34,40-41,43-44H,14-18H2,1-13H3/t19-,20-,21+,22+,23+,24-,25+,26?,27+,29-,30?,31-,32-,34+,35+,36-,37-/m1/s1. The van der Waals surface area contributed by atoms with Gasteiger partial charge in [-0.15, -0.1) is 0 Å². The van der Waals surface area contributed by atoms with Gasteiger partial charge in [-0.1, -0.05) is 27.7 Å². The summed E-state index contributed by atoms with van der Waals surface area (Å²) < 4.78 is 37.5. The second-order valence-electron chi connectivity index (χ2n) is 16.5. The first-order chi connectivity index (χ1) is 23.0. The molecule has 13 heteroatoms. The number of carbonyl (C=O) groups excluding carboxylic acids is 2. The molecule has 3 aliphatic rings. The summed E-state index contributed by atoms with van der Waals surface area (Å²) in [7, 11) is 5.36. The first-order valence-corrected chi connectivity index (χ1v) is 18.4. The molecule has 0 radical (unpaired) electrons. The molecule has 0 amide bonds. The lowest BCUT2D eigenvalue weighted by molar-refractivity contribution is -0.310. The molecule has 0 aliphatic carbocycles. The number of rotatable bonds is 7. The van der Waals surface area contributed by atoms with Gasteiger partial charge in [-0.3, -0.25) is 9.59 Å². The van der Waals surface area contributed by atoms with Crippen LogP contribution in [0.15, 0.2) is 0 Å². The van der Waals surface area contributed by atoms with E-state index in [2.05, 4.69) is 0 Å². The van der Waals surface area contributed by atoms with Crippen LogP contribution in [0.1, 0.15) is 101 Å². The number of nitrogens with zero attached hydrogens (tertiary/aromatic N) is 1. The van der Waals surface area contributed by atoms with Gasteiger partial charge in [-0.05, 0) is 74.9 Å². The van der Waals surface area contributed by atoms with Crippen LogP contribution in [0.25, 0.3) is 0 Å². The zero-order valence-electron chi connectivity index (χ0n) is 32.6. The maximum Gasteiger partial charge on any atom is 0.311 e. The lowest BCUT2D eigenvalue weighted by Gasteiger charge is -2.48. The third-order valence-electron chi connectivity index (χ3n) is 11.5. The number of hydrogen-bond donors (Lipinski definition) is 4. The van der Waals surface area contributed by atoms with Crippen molar-refractivity contribution in [1.29, 1.82) is 0 Å². The molecule has 13 nitrogen and oxygen atoms in total. The zero-order valence-corrected chi connectivity index (χ0v) is 32.6. The summed E-state index contributed by atoms with van der Waals surface area (Å²) in [6.45, 7) is 17.0. The second-order valence-corrected chi connectivity index (χ2v) is 16.5. The lowest BCUT2D eigenvalue weighted by Crippen LogP contribution is -2.60. The van der Waals surface area contributed by atoms with E-state index in [4.69, 9.17) is 28.4 Å². The summed E-state index contributed by atoms with van der Waals surface area (Å²) in [6.07, 6.45) is -6.80. The van der Waals surface area contributed by atoms with Crippen LogP contribution >= 0.6 is 0 Å². The molecular formula is C37H67NO12. The highest BCUT2D eigenvalue weighted by Crippen LogP contribution is 2.40. The smallest absolute Gasteiger partial charge is 0.311 e. The van der Waals surface area contributed by atoms with Gasteiger partial charge in [0.25, 0.3) is 0 Å². The fraction of sp³-hybridized carbons (Fsp3) is 0.946. The third kappa shape index (κ3) is 9.64. The molecule has 4 N–H and O–H groups in total. The average molecular weight is 718 g/mol. The molecule has 3 aliphatic heterocycles. The van der Waals surface area contributed by atoms with Crippen LogP contribution in [-0.4, -0.2) is 136 Å². The number of aliphatic hydroxyl groups is 4. The highest BCUT2D eigenvalue weighted by molar-refractivity contribution is 5.83. The van der Waals surface area contributed by atoms with Crippen molar-refractivity contribution in [3.63, 3.8) is 0 Å². The van der Waals surface area contributed by atoms with Gasteiger partial charge in [-0.2, -0.15) is 0 Å². The minimum Gasteiger partial charge on any atom is -0.459 e. The molecule has 17 atom stereocenters. The van der Waals surface area contributed by atoms with Crippen molar-refractivity contribution in [1.82, 2.24) is 4.90 Å². The first-order valence-electron chi connectivity index (χ1n) is 18.4. The Morgan fingerprint density at radius 3 is 2.06 bits per heavy atom. The zero-order chi connectivity index (χ0) is 38.1. The van der Waals surface area contributed by atoms with Crippen molar-refractivity contribution in [3.8, 4) is 0 Å². The van der Waals surface area contributed by atoms with Crippen molar-refractivity contribution in [2.24, 2.45) is 23.7 Å². The molecule has 0 aromatic rings. The summed E-state index contributed by atoms with van der Waals surface area (Å²) in [5.41, 5.74) is -4.28. The molecular weight excluding hydrogens is 650 g/mol. The molecule has 0 aromatic carbocycles. The summed E-state index contributed by atoms with van der Waals surface area (Å²) >= 11 is 0. The Kier molecular flexibility index (Phi) is 14.5. The molecule has 0 bridgehead atoms. The highest BCUT2D eigenvalue weighted by Gasteiger charge is 2.52. The van der Waals surface area contributed by atoms with E-state index in [1.807, 2.05) is 39.8 Å². The summed E-state index contributed by atoms with van der Waals surface area (Å²) in [5, 5.41) is 46.7. The van der Waals surface area contributed by atoms with Gasteiger partial charge < -0.3 is 53.7 Å². The average Bonchev–Trinajstić information content (AvgIpc) is 3.02. The topological polar surface area (TPSA) is 174 Å². The van der Waals surface area contributed by atoms with Gasteiger partial charge in [0.05, 0.1) is 47.6 Å². The second kappa shape index (κ2) is 16.8. The lowest BCUT2D eigenvalue weighted by atomic mass is 9.74. The summed E-state index contributed by atoms with van der Waals surface area (Å²) in [4.78, 5) is 29.8. The fourth-order valence-electron chi connectivity index (χ4n) is 8.46. The van der Waals surface area contributed by atoms with E-state index in [0.717, 1.165) is 0 Å². The number of Topliss-reactive ketones (excluding diaryl/α,β-unsaturated/α-hetero) is 1. The van der Waals surface area contributed by atoms with E-state index in [9.17, 15) is 30.0 Å². The maximum absolute atomic E-state index is 14.1. The van der Waals surface area contributed by atoms with Crippen molar-refractivity contribution < 1.29 is 58.4 Å². The Balaban J connectivity index is 2.17. The van der Waals surface area contributed by atoms with E-state index in [-0.39, 0.29) is 36.9 Å². The molecule has 0 saturated carbocycles. The SMILES string of the molecule is CCC1OC(=O)[C@H](C)C(O[C@H]2C[C@@](C)(OC)C[C@H](C)O2)[C@H](C)[C@@H](O[C@@H]2O[C@H](C)C[C@H](N(C)C)[C@H]2O)[C@](C)(O)C[C@@H](C)C(=O)[C@H](C)[C@@H](O)[C@]1(C)O. The molecule has 292 valence electrons. The van der Waals surface area contributed by atoms with E-state index in [1.165, 1.54) is 13.8 Å². The molecule has 3 saturated heterocycles. The van der Waals surface area contributed by atoms with E-state index in [0.29, 0.717) is 19.3 Å². The summed E-state index contributed by atoms with van der Waals surface area (Å²) in [6, 6.07) is -0.297. The number of carbonyl (C=O) groups is 2. The van der Waals surface area contributed by atoms with E-state index < -0.39 is 89.5 Å². The number of likely N-dealkylation sites (N-methyl/N-ethyl adjacent to an activating group) is 1. The Hall–Kier alpha value is -1.26. The minimum atomic E-state index is -1.96. The molecule has 0 spiro atoms. The molecule has 3 fully saturated rings. The van der Waals surface area contributed by atoms with Gasteiger partial charge >= 0.3 is 5.97 Å². The van der Waals surface area contributed by atoms with Crippen molar-refractivity contribution in [3.05, 3.63) is 0 Å². The largest absolute Gasteiger partial charge is 0.459 e. The number of esters is 1. The minimum absolute atomic E-state index is 0.100. The highest BCUT2D eigenvalue weighted by atomic mass is 16.7. The number of hydrogen-bond acceptors (Lipinski definition) is 13. The van der Waals surface area contributed by atoms with Crippen LogP contribution in [0.2, 0.25) is 0 Å². The molecule has 3 heterocycles. The Morgan fingerprint density at radius 1 is 0.880 bits per heavy atom. The van der Waals surface area contributed by atoms with Crippen LogP contribution < -0.4 is 0 Å². The normalized spacial score (nSPS) is 49.0. The van der Waals surface area contributed by atoms with Crippen molar-refractivity contribution >= 4 is 11.8 Å². The fourth-order valence-corrected chi connectivity index (χ4v) is 8.46. The maximum atomic E-state index is 14.1. The van der Waals surface area contributed by atoms with Gasteiger partial charge in [0.2, 0.25) is 0 Å². The van der Waals surface area contributed by atoms with Crippen molar-refractivity contribution in [2.45, 2.75) is 179 Å². The van der Waals surface area contributed by atoms with Gasteiger partial charge in [0, 0.05) is 43.7 Å². The van der Waals surface area contributed by atoms with Crippen LogP contribution in [0.3, 0.4) is 0 Å².